The minimum Gasteiger partial charge on any atom is -0.350 e. The molecule has 0 aliphatic carbocycles. The van der Waals surface area contributed by atoms with Gasteiger partial charge in [-0.1, -0.05) is 370 Å². The molecule has 0 unspecified atom stereocenters. The van der Waals surface area contributed by atoms with Crippen LogP contribution in [0.3, 0.4) is 0 Å². The van der Waals surface area contributed by atoms with Crippen LogP contribution in [0.2, 0.25) is 14.8 Å². The molecule has 0 aliphatic heterocycles. The fourth-order valence-corrected chi connectivity index (χ4v) is 28.7. The number of nitriles is 2. The standard InChI is InChI=1S/4C18H15P.C13H9N3S.C8H3BrN2S.C5H6N.C5H4.3CH3.Pd.Sn/c4*1-4-10-16(11-5-1)19(17-12-6-2-7-13-17)18-14-8-3-9-15-18;1-15-10(9-14)8-11-5-6-13(17-11)12-4-3-7-16(12)2;1-11-6(5-10)4-7-2-3-8(9)12-7;1-6-4-2-3-5-6;1-3-5-4-2;;;;;/h4*1-15H;3-8H,2H3;2-4H;2-4H,1H3;1H,2H3;3*1H3;;/b;;;;10-8-;6-4-;;;;;;;. The van der Waals surface area contributed by atoms with Crippen LogP contribution in [0.4, 0.5) is 0 Å². The third-order valence-corrected chi connectivity index (χ3v) is 35.8. The Morgan fingerprint density at radius 2 is 0.595 bits per heavy atom. The second-order valence-electron chi connectivity index (χ2n) is 27.0. The molecular weight excluding hydrogens is 1850 g/mol. The zero-order chi connectivity index (χ0) is 84.8. The van der Waals surface area contributed by atoms with Crippen molar-refractivity contribution in [2.24, 2.45) is 14.1 Å². The van der Waals surface area contributed by atoms with E-state index in [-0.39, 0.29) is 31.8 Å². The smallest absolute Gasteiger partial charge is 0.263 e. The summed E-state index contributed by atoms with van der Waals surface area (Å²) in [4.78, 5) is 16.5. The van der Waals surface area contributed by atoms with Gasteiger partial charge in [0.15, 0.2) is 0 Å². The summed E-state index contributed by atoms with van der Waals surface area (Å²) in [5.41, 5.74) is 1.37. The van der Waals surface area contributed by atoms with E-state index < -0.39 is 50.1 Å². The normalized spacial score (nSPS) is 10.3. The van der Waals surface area contributed by atoms with E-state index in [9.17, 15) is 0 Å². The van der Waals surface area contributed by atoms with Crippen LogP contribution < -0.4 is 67.4 Å². The number of terminal acetylenes is 1. The average Bonchev–Trinajstić information content (AvgIpc) is 1.82. The van der Waals surface area contributed by atoms with Crippen molar-refractivity contribution < 1.29 is 20.4 Å². The van der Waals surface area contributed by atoms with Gasteiger partial charge in [0.2, 0.25) is 0 Å². The van der Waals surface area contributed by atoms with Crippen molar-refractivity contribution in [2.75, 3.05) is 0 Å². The number of hydrogen-bond acceptors (Lipinski definition) is 4. The van der Waals surface area contributed by atoms with Crippen LogP contribution >= 0.6 is 70.3 Å². The molecule has 4 heterocycles. The van der Waals surface area contributed by atoms with Gasteiger partial charge < -0.3 is 4.57 Å². The molecule has 15 heteroatoms. The largest absolute Gasteiger partial charge is 0.350 e. The van der Waals surface area contributed by atoms with E-state index in [0.29, 0.717) is 0 Å². The molecule has 598 valence electrons. The second-order valence-corrected chi connectivity index (χ2v) is 53.8. The van der Waals surface area contributed by atoms with Gasteiger partial charge in [-0.3, -0.25) is 0 Å². The number of hydrogen-bond donors (Lipinski definition) is 0. The van der Waals surface area contributed by atoms with Gasteiger partial charge in [0, 0.05) is 43.4 Å². The molecule has 12 aromatic carbocycles. The molecule has 121 heavy (non-hydrogen) atoms. The quantitative estimate of drug-likeness (QED) is 0.0318. The average molecular weight is 1940 g/mol. The minimum atomic E-state index is -1.75. The predicted octanol–water partition coefficient (Wildman–Crippen LogP) is 22.8. The van der Waals surface area contributed by atoms with Crippen molar-refractivity contribution in [3.05, 3.63) is 473 Å². The molecule has 0 fully saturated rings. The van der Waals surface area contributed by atoms with Crippen LogP contribution in [-0.2, 0) is 34.5 Å². The molecule has 0 atom stereocenters. The molecule has 0 aliphatic rings. The SMILES string of the molecule is C#CC#CC.Cn1ccc[c]1[Sn]([CH3])([CH3])[CH3].[C-]#[N+]/C(C#N)=C\c1ccc(-c2cccn2C)s1.[C-]#[N+]/C(C#N)=C\c1ccc(Br)s1.[Pd].c1ccc(P(c2ccccc2)c2ccccc2)cc1.c1ccc(P(c2ccccc2)c2ccccc2)cc1.c1ccc(P(c2ccccc2)c2ccccc2)cc1.c1ccc(P(c2ccccc2)c2ccccc2)cc1. The van der Waals surface area contributed by atoms with Gasteiger partial charge >= 0.3 is 66.9 Å². The Labute approximate surface area is 756 Å². The summed E-state index contributed by atoms with van der Waals surface area (Å²) in [5.74, 6) is 7.08. The van der Waals surface area contributed by atoms with E-state index in [0.717, 1.165) is 24.1 Å². The molecule has 16 rings (SSSR count). The summed E-state index contributed by atoms with van der Waals surface area (Å²) >= 11 is 4.61. The Morgan fingerprint density at radius 3 is 0.760 bits per heavy atom. The first-order valence-electron chi connectivity index (χ1n) is 38.5. The van der Waals surface area contributed by atoms with Gasteiger partial charge in [0.05, 0.1) is 39.6 Å². The van der Waals surface area contributed by atoms with Crippen molar-refractivity contribution in [1.29, 1.82) is 10.5 Å². The van der Waals surface area contributed by atoms with Crippen LogP contribution in [0.5, 0.6) is 0 Å². The molecule has 16 aromatic rings. The van der Waals surface area contributed by atoms with Crippen LogP contribution in [-0.4, -0.2) is 27.5 Å². The minimum absolute atomic E-state index is 0. The van der Waals surface area contributed by atoms with Crippen LogP contribution in [0, 0.1) is 60.0 Å². The fourth-order valence-electron chi connectivity index (χ4n) is 12.2. The third-order valence-electron chi connectivity index (χ3n) is 17.5. The summed E-state index contributed by atoms with van der Waals surface area (Å²) in [6.45, 7) is 15.2. The summed E-state index contributed by atoms with van der Waals surface area (Å²) in [5, 5.41) is 33.9. The number of aromatic nitrogens is 2. The molecule has 0 radical (unpaired) electrons. The fraction of sp³-hybridized carbons (Fsp3) is 0.0566. The van der Waals surface area contributed by atoms with E-state index in [1.54, 1.807) is 34.1 Å². The van der Waals surface area contributed by atoms with Gasteiger partial charge in [-0.25, -0.2) is 20.2 Å². The molecule has 0 amide bonds. The van der Waals surface area contributed by atoms with Crippen LogP contribution in [0.1, 0.15) is 16.7 Å². The van der Waals surface area contributed by atoms with E-state index in [1.165, 1.54) is 75.0 Å². The van der Waals surface area contributed by atoms with E-state index in [4.69, 9.17) is 30.1 Å². The van der Waals surface area contributed by atoms with Gasteiger partial charge in [-0.05, 0) is 179 Å². The molecule has 0 bridgehead atoms. The zero-order valence-electron chi connectivity index (χ0n) is 68.1. The van der Waals surface area contributed by atoms with Crippen molar-refractivity contribution in [3.63, 3.8) is 0 Å². The summed E-state index contributed by atoms with van der Waals surface area (Å²) in [6.07, 6.45) is 12.0. The summed E-state index contributed by atoms with van der Waals surface area (Å²) in [7, 11) is 2.34. The molecule has 0 saturated carbocycles. The van der Waals surface area contributed by atoms with Crippen molar-refractivity contribution in [1.82, 2.24) is 9.13 Å². The summed E-state index contributed by atoms with van der Waals surface area (Å²) in [6, 6.07) is 149. The number of allylic oxidation sites excluding steroid dienone is 2. The number of aryl methyl sites for hydroxylation is 2. The Kier molecular flexibility index (Phi) is 42.1. The van der Waals surface area contributed by atoms with E-state index in [2.05, 4.69) is 452 Å². The maximum atomic E-state index is 8.69. The molecule has 6 nitrogen and oxygen atoms in total. The maximum absolute atomic E-state index is 8.69. The van der Waals surface area contributed by atoms with Crippen molar-refractivity contribution in [2.45, 2.75) is 21.7 Å². The van der Waals surface area contributed by atoms with Crippen molar-refractivity contribution in [3.8, 4) is 46.9 Å². The van der Waals surface area contributed by atoms with Crippen molar-refractivity contribution >= 4 is 168 Å². The molecule has 0 N–H and O–H groups in total. The first-order valence-corrected chi connectivity index (χ1v) is 56.3. The Bertz CT molecular complexity index is 5140. The predicted molar refractivity (Wildman–Crippen MR) is 532 cm³/mol. The number of thiophene rings is 2. The monoisotopic (exact) mass is 1940 g/mol. The Balaban J connectivity index is 0.000000175. The van der Waals surface area contributed by atoms with Crippen LogP contribution in [0.15, 0.2) is 440 Å². The van der Waals surface area contributed by atoms with Gasteiger partial charge in [0.1, 0.15) is 0 Å². The number of rotatable bonds is 16. The molecule has 4 aromatic heterocycles. The van der Waals surface area contributed by atoms with E-state index >= 15 is 0 Å². The molecular formula is C106H91BrN6P4PdS2Sn. The van der Waals surface area contributed by atoms with E-state index in [1.807, 2.05) is 66.3 Å². The number of halogens is 1. The maximum Gasteiger partial charge on any atom is 0.263 e. The second kappa shape index (κ2) is 53.5. The van der Waals surface area contributed by atoms with Gasteiger partial charge in [-0.2, -0.15) is 0 Å². The zero-order valence-corrected chi connectivity index (χ0v) is 79.3. The first kappa shape index (κ1) is 95.3. The number of nitrogens with zero attached hydrogens (tertiary/aromatic N) is 6. The molecule has 0 saturated heterocycles. The molecule has 0 spiro atoms. The van der Waals surface area contributed by atoms with Crippen LogP contribution in [0.25, 0.3) is 32.4 Å². The van der Waals surface area contributed by atoms with Gasteiger partial charge in [-0.15, -0.1) is 29.1 Å². The van der Waals surface area contributed by atoms with Gasteiger partial charge in [0.25, 0.3) is 11.4 Å². The summed E-state index contributed by atoms with van der Waals surface area (Å²) < 4.78 is 6.89. The Morgan fingerprint density at radius 1 is 0.355 bits per heavy atom. The topological polar surface area (TPSA) is 66.2 Å². The Hall–Kier alpha value is -11.2. The third kappa shape index (κ3) is 31.4. The number of benzene rings is 12. The first-order chi connectivity index (χ1) is 58.7.